The Labute approximate surface area is 126 Å². The lowest BCUT2D eigenvalue weighted by atomic mass is 9.93. The molecular weight excluding hydrogens is 262 g/mol. The number of hydrogen-bond acceptors (Lipinski definition) is 3. The van der Waals surface area contributed by atoms with E-state index in [9.17, 15) is 0 Å². The smallest absolute Gasteiger partial charge is 0.119 e. The molecule has 0 fully saturated rings. The summed E-state index contributed by atoms with van der Waals surface area (Å²) in [5.41, 5.74) is 3.81. The van der Waals surface area contributed by atoms with Crippen molar-refractivity contribution in [2.45, 2.75) is 39.2 Å². The number of fused-ring (bicyclic) bond motifs is 1. The molecule has 1 heterocycles. The second-order valence-corrected chi connectivity index (χ2v) is 5.39. The summed E-state index contributed by atoms with van der Waals surface area (Å²) in [6.45, 7) is 5.85. The van der Waals surface area contributed by atoms with Gasteiger partial charge in [0.2, 0.25) is 0 Å². The summed E-state index contributed by atoms with van der Waals surface area (Å²) in [5, 5.41) is 8.17. The predicted molar refractivity (Wildman–Crippen MR) is 84.1 cm³/mol. The topological polar surface area (TPSA) is 39.1 Å². The number of nitrogens with zero attached hydrogens (tertiary/aromatic N) is 2. The predicted octanol–water partition coefficient (Wildman–Crippen LogP) is 3.26. The minimum Gasteiger partial charge on any atom is -0.494 e. The zero-order chi connectivity index (χ0) is 14.7. The summed E-state index contributed by atoms with van der Waals surface area (Å²) in [6, 6.07) is 8.63. The van der Waals surface area contributed by atoms with Gasteiger partial charge < -0.3 is 10.1 Å². The Balaban J connectivity index is 1.89. The molecule has 1 aromatic carbocycles. The van der Waals surface area contributed by atoms with Crippen molar-refractivity contribution in [1.29, 1.82) is 0 Å². The molecule has 3 rings (SSSR count). The average Bonchev–Trinajstić information content (AvgIpc) is 2.94. The van der Waals surface area contributed by atoms with E-state index in [1.807, 2.05) is 25.3 Å². The van der Waals surface area contributed by atoms with Crippen LogP contribution < -0.4 is 10.1 Å². The molecule has 0 saturated carbocycles. The lowest BCUT2D eigenvalue weighted by Crippen LogP contribution is -2.24. The largest absolute Gasteiger partial charge is 0.494 e. The summed E-state index contributed by atoms with van der Waals surface area (Å²) in [4.78, 5) is 0. The zero-order valence-electron chi connectivity index (χ0n) is 12.8. The molecule has 112 valence electrons. The van der Waals surface area contributed by atoms with Gasteiger partial charge in [-0.25, -0.2) is 4.68 Å². The minimum atomic E-state index is 0.454. The number of nitrogens with one attached hydrogen (secondary N) is 1. The van der Waals surface area contributed by atoms with Gasteiger partial charge in [-0.1, -0.05) is 6.92 Å². The molecule has 0 aliphatic heterocycles. The van der Waals surface area contributed by atoms with Crippen molar-refractivity contribution in [2.75, 3.05) is 13.2 Å². The van der Waals surface area contributed by atoms with Crippen LogP contribution in [0.15, 0.2) is 30.5 Å². The van der Waals surface area contributed by atoms with Crippen molar-refractivity contribution in [3.8, 4) is 11.4 Å². The highest BCUT2D eigenvalue weighted by Gasteiger charge is 2.23. The molecule has 0 bridgehead atoms. The van der Waals surface area contributed by atoms with Crippen LogP contribution in [-0.4, -0.2) is 22.9 Å². The van der Waals surface area contributed by atoms with Crippen LogP contribution in [0.1, 0.15) is 44.0 Å². The molecule has 0 radical (unpaired) electrons. The Morgan fingerprint density at radius 1 is 1.29 bits per heavy atom. The molecule has 1 atom stereocenters. The average molecular weight is 285 g/mol. The number of hydrogen-bond donors (Lipinski definition) is 1. The van der Waals surface area contributed by atoms with Gasteiger partial charge in [0.25, 0.3) is 0 Å². The molecule has 0 saturated heterocycles. The molecule has 1 aromatic heterocycles. The Bertz CT molecular complexity index is 589. The summed E-state index contributed by atoms with van der Waals surface area (Å²) in [6.07, 6.45) is 5.55. The van der Waals surface area contributed by atoms with Gasteiger partial charge in [0.05, 0.1) is 18.5 Å². The maximum Gasteiger partial charge on any atom is 0.119 e. The van der Waals surface area contributed by atoms with Gasteiger partial charge >= 0.3 is 0 Å². The summed E-state index contributed by atoms with van der Waals surface area (Å²) in [5.74, 6) is 0.910. The lowest BCUT2D eigenvalue weighted by Gasteiger charge is -2.23. The second-order valence-electron chi connectivity index (χ2n) is 5.39. The van der Waals surface area contributed by atoms with Gasteiger partial charge in [-0.2, -0.15) is 5.10 Å². The van der Waals surface area contributed by atoms with Gasteiger partial charge in [0, 0.05) is 17.3 Å². The van der Waals surface area contributed by atoms with Crippen LogP contribution in [-0.2, 0) is 6.42 Å². The maximum atomic E-state index is 5.50. The van der Waals surface area contributed by atoms with Gasteiger partial charge in [0.1, 0.15) is 5.75 Å². The first-order valence-corrected chi connectivity index (χ1v) is 7.87. The van der Waals surface area contributed by atoms with E-state index in [2.05, 4.69) is 34.2 Å². The molecule has 1 N–H and O–H groups in total. The molecule has 4 nitrogen and oxygen atoms in total. The fourth-order valence-corrected chi connectivity index (χ4v) is 3.09. The lowest BCUT2D eigenvalue weighted by molar-refractivity contribution is 0.340. The molecule has 0 amide bonds. The minimum absolute atomic E-state index is 0.454. The molecule has 21 heavy (non-hydrogen) atoms. The standard InChI is InChI=1S/C17H23N3O/c1-3-18-16-6-5-7-17-15(16)12-19-20(17)13-8-10-14(11-9-13)21-4-2/h8-12,16,18H,3-7H2,1-2H3. The highest BCUT2D eigenvalue weighted by molar-refractivity contribution is 5.40. The van der Waals surface area contributed by atoms with Crippen LogP contribution in [0.2, 0.25) is 0 Å². The number of benzene rings is 1. The quantitative estimate of drug-likeness (QED) is 0.916. The van der Waals surface area contributed by atoms with Crippen LogP contribution in [0.25, 0.3) is 5.69 Å². The Hall–Kier alpha value is -1.81. The summed E-state index contributed by atoms with van der Waals surface area (Å²) < 4.78 is 7.58. The van der Waals surface area contributed by atoms with E-state index >= 15 is 0 Å². The first-order valence-electron chi connectivity index (χ1n) is 7.87. The van der Waals surface area contributed by atoms with Crippen molar-refractivity contribution >= 4 is 0 Å². The fraction of sp³-hybridized carbons (Fsp3) is 0.471. The molecular formula is C17H23N3O. The molecule has 1 aliphatic rings. The summed E-state index contributed by atoms with van der Waals surface area (Å²) in [7, 11) is 0. The Morgan fingerprint density at radius 2 is 2.10 bits per heavy atom. The van der Waals surface area contributed by atoms with Gasteiger partial charge in [-0.05, 0) is 57.0 Å². The maximum absolute atomic E-state index is 5.50. The van der Waals surface area contributed by atoms with Crippen molar-refractivity contribution in [3.63, 3.8) is 0 Å². The molecule has 1 unspecified atom stereocenters. The first kappa shape index (κ1) is 14.1. The normalized spacial score (nSPS) is 17.5. The SMILES string of the molecule is CCNC1CCCc2c1cnn2-c1ccc(OCC)cc1. The Kier molecular flexibility index (Phi) is 4.25. The van der Waals surface area contributed by atoms with Crippen molar-refractivity contribution in [3.05, 3.63) is 41.7 Å². The third kappa shape index (κ3) is 2.81. The molecule has 0 spiro atoms. The van der Waals surface area contributed by atoms with E-state index in [-0.39, 0.29) is 0 Å². The highest BCUT2D eigenvalue weighted by atomic mass is 16.5. The number of rotatable bonds is 5. The number of ether oxygens (including phenoxy) is 1. The van der Waals surface area contributed by atoms with Crippen molar-refractivity contribution in [1.82, 2.24) is 15.1 Å². The van der Waals surface area contributed by atoms with Crippen LogP contribution >= 0.6 is 0 Å². The van der Waals surface area contributed by atoms with Gasteiger partial charge in [-0.15, -0.1) is 0 Å². The first-order chi connectivity index (χ1) is 10.3. The van der Waals surface area contributed by atoms with E-state index in [1.54, 1.807) is 0 Å². The van der Waals surface area contributed by atoms with Crippen LogP contribution in [0.3, 0.4) is 0 Å². The fourth-order valence-electron chi connectivity index (χ4n) is 3.09. The highest BCUT2D eigenvalue weighted by Crippen LogP contribution is 2.31. The van der Waals surface area contributed by atoms with Gasteiger partial charge in [-0.3, -0.25) is 0 Å². The zero-order valence-corrected chi connectivity index (χ0v) is 12.8. The Morgan fingerprint density at radius 3 is 2.81 bits per heavy atom. The van der Waals surface area contributed by atoms with Crippen LogP contribution in [0.4, 0.5) is 0 Å². The van der Waals surface area contributed by atoms with E-state index in [4.69, 9.17) is 4.74 Å². The van der Waals surface area contributed by atoms with Crippen molar-refractivity contribution in [2.24, 2.45) is 0 Å². The third-order valence-corrected chi connectivity index (χ3v) is 4.03. The van der Waals surface area contributed by atoms with E-state index in [0.717, 1.165) is 24.4 Å². The monoisotopic (exact) mass is 285 g/mol. The molecule has 4 heteroatoms. The summed E-state index contributed by atoms with van der Waals surface area (Å²) >= 11 is 0. The van der Waals surface area contributed by atoms with Crippen LogP contribution in [0.5, 0.6) is 5.75 Å². The molecule has 2 aromatic rings. The van der Waals surface area contributed by atoms with E-state index in [0.29, 0.717) is 12.6 Å². The van der Waals surface area contributed by atoms with Crippen molar-refractivity contribution < 1.29 is 4.74 Å². The second kappa shape index (κ2) is 6.31. The van der Waals surface area contributed by atoms with Crippen LogP contribution in [0, 0.1) is 0 Å². The number of aromatic nitrogens is 2. The third-order valence-electron chi connectivity index (χ3n) is 4.03. The van der Waals surface area contributed by atoms with Gasteiger partial charge in [0.15, 0.2) is 0 Å². The molecule has 1 aliphatic carbocycles. The van der Waals surface area contributed by atoms with E-state index in [1.165, 1.54) is 24.1 Å². The van der Waals surface area contributed by atoms with E-state index < -0.39 is 0 Å².